The van der Waals surface area contributed by atoms with Gasteiger partial charge in [0.05, 0.1) is 5.54 Å². The van der Waals surface area contributed by atoms with E-state index < -0.39 is 0 Å². The molecule has 3 atom stereocenters. The molecule has 3 heteroatoms. The zero-order valence-corrected chi connectivity index (χ0v) is 11.2. The molecule has 1 aromatic rings. The first kappa shape index (κ1) is 13.3. The molecule has 1 aliphatic rings. The van der Waals surface area contributed by atoms with Gasteiger partial charge in [-0.05, 0) is 55.4 Å². The topological polar surface area (TPSA) is 38.0 Å². The van der Waals surface area contributed by atoms with E-state index in [-0.39, 0.29) is 11.4 Å². The van der Waals surface area contributed by atoms with E-state index in [1.807, 2.05) is 0 Å². The predicted molar refractivity (Wildman–Crippen MR) is 74.0 cm³/mol. The van der Waals surface area contributed by atoms with Crippen LogP contribution >= 0.6 is 0 Å². The highest BCUT2D eigenvalue weighted by Gasteiger charge is 2.38. The maximum atomic E-state index is 12.9. The molecule has 0 saturated heterocycles. The molecule has 2 rings (SSSR count). The van der Waals surface area contributed by atoms with Crippen LogP contribution in [0.15, 0.2) is 24.3 Å². The maximum Gasteiger partial charge on any atom is 0.123 e. The number of nitrogens with two attached hydrogens (primary N) is 1. The van der Waals surface area contributed by atoms with Crippen molar-refractivity contribution >= 4 is 5.69 Å². The van der Waals surface area contributed by atoms with Gasteiger partial charge in [0.15, 0.2) is 0 Å². The lowest BCUT2D eigenvalue weighted by molar-refractivity contribution is 0.189. The van der Waals surface area contributed by atoms with Gasteiger partial charge in [-0.3, -0.25) is 0 Å². The lowest BCUT2D eigenvalue weighted by Gasteiger charge is -2.45. The third-order valence-electron chi connectivity index (χ3n) is 4.38. The summed E-state index contributed by atoms with van der Waals surface area (Å²) >= 11 is 0. The van der Waals surface area contributed by atoms with E-state index >= 15 is 0 Å². The minimum atomic E-state index is -0.201. The SMILES string of the molecule is CC1CCC(CN)(Nc2ccc(F)cc2)C(C)C1. The fourth-order valence-electron chi connectivity index (χ4n) is 3.06. The Morgan fingerprint density at radius 3 is 2.56 bits per heavy atom. The Morgan fingerprint density at radius 1 is 1.33 bits per heavy atom. The van der Waals surface area contributed by atoms with Crippen molar-refractivity contribution in [3.8, 4) is 0 Å². The Hall–Kier alpha value is -1.09. The van der Waals surface area contributed by atoms with Crippen LogP contribution in [0.1, 0.15) is 33.1 Å². The Kier molecular flexibility index (Phi) is 3.91. The number of halogens is 1. The van der Waals surface area contributed by atoms with Crippen LogP contribution in [0.2, 0.25) is 0 Å². The Balaban J connectivity index is 2.15. The van der Waals surface area contributed by atoms with E-state index in [1.165, 1.54) is 25.0 Å². The predicted octanol–water partition coefficient (Wildman–Crippen LogP) is 3.39. The normalized spacial score (nSPS) is 32.2. The zero-order chi connectivity index (χ0) is 13.2. The molecule has 2 nitrogen and oxygen atoms in total. The first-order valence-corrected chi connectivity index (χ1v) is 6.79. The van der Waals surface area contributed by atoms with Crippen LogP contribution in [0.5, 0.6) is 0 Å². The van der Waals surface area contributed by atoms with Gasteiger partial charge in [0.1, 0.15) is 5.82 Å². The summed E-state index contributed by atoms with van der Waals surface area (Å²) in [6, 6.07) is 6.56. The molecular weight excluding hydrogens is 227 g/mol. The van der Waals surface area contributed by atoms with E-state index in [9.17, 15) is 4.39 Å². The van der Waals surface area contributed by atoms with Crippen LogP contribution in [0.4, 0.5) is 10.1 Å². The third kappa shape index (κ3) is 2.66. The van der Waals surface area contributed by atoms with Crippen molar-refractivity contribution in [1.29, 1.82) is 0 Å². The summed E-state index contributed by atoms with van der Waals surface area (Å²) in [6.45, 7) is 5.19. The number of benzene rings is 1. The second-order valence-electron chi connectivity index (χ2n) is 5.77. The first-order chi connectivity index (χ1) is 8.55. The highest BCUT2D eigenvalue weighted by molar-refractivity contribution is 5.46. The van der Waals surface area contributed by atoms with Crippen molar-refractivity contribution in [1.82, 2.24) is 0 Å². The summed E-state index contributed by atoms with van der Waals surface area (Å²) in [7, 11) is 0. The van der Waals surface area contributed by atoms with Crippen molar-refractivity contribution in [3.05, 3.63) is 30.1 Å². The Morgan fingerprint density at radius 2 is 2.00 bits per heavy atom. The number of hydrogen-bond acceptors (Lipinski definition) is 2. The molecule has 1 aliphatic carbocycles. The average Bonchev–Trinajstić information content (AvgIpc) is 2.36. The van der Waals surface area contributed by atoms with E-state index in [4.69, 9.17) is 5.73 Å². The van der Waals surface area contributed by atoms with Gasteiger partial charge in [-0.15, -0.1) is 0 Å². The van der Waals surface area contributed by atoms with Gasteiger partial charge in [0.2, 0.25) is 0 Å². The van der Waals surface area contributed by atoms with E-state index in [0.29, 0.717) is 12.5 Å². The van der Waals surface area contributed by atoms with Gasteiger partial charge in [-0.25, -0.2) is 4.39 Å². The molecule has 3 unspecified atom stereocenters. The van der Waals surface area contributed by atoms with Crippen molar-refractivity contribution in [2.45, 2.75) is 38.6 Å². The quantitative estimate of drug-likeness (QED) is 0.863. The number of anilines is 1. The molecule has 1 fully saturated rings. The molecule has 18 heavy (non-hydrogen) atoms. The van der Waals surface area contributed by atoms with Crippen LogP contribution < -0.4 is 11.1 Å². The fourth-order valence-corrected chi connectivity index (χ4v) is 3.06. The standard InChI is InChI=1S/C15H23FN2/c1-11-7-8-15(10-17,12(2)9-11)18-14-5-3-13(16)4-6-14/h3-6,11-12,18H,7-10,17H2,1-2H3. The lowest BCUT2D eigenvalue weighted by Crippen LogP contribution is -2.53. The van der Waals surface area contributed by atoms with Gasteiger partial charge in [-0.2, -0.15) is 0 Å². The molecule has 0 amide bonds. The second-order valence-corrected chi connectivity index (χ2v) is 5.77. The summed E-state index contributed by atoms with van der Waals surface area (Å²) in [5.41, 5.74) is 6.94. The largest absolute Gasteiger partial charge is 0.378 e. The van der Waals surface area contributed by atoms with E-state index in [0.717, 1.165) is 18.0 Å². The van der Waals surface area contributed by atoms with Crippen molar-refractivity contribution in [2.24, 2.45) is 17.6 Å². The summed E-state index contributed by atoms with van der Waals surface area (Å²) in [4.78, 5) is 0. The van der Waals surface area contributed by atoms with Crippen molar-refractivity contribution in [3.63, 3.8) is 0 Å². The fraction of sp³-hybridized carbons (Fsp3) is 0.600. The van der Waals surface area contributed by atoms with Crippen LogP contribution in [-0.4, -0.2) is 12.1 Å². The van der Waals surface area contributed by atoms with Crippen molar-refractivity contribution < 1.29 is 4.39 Å². The van der Waals surface area contributed by atoms with Gasteiger partial charge < -0.3 is 11.1 Å². The molecule has 1 saturated carbocycles. The minimum absolute atomic E-state index is 0.0374. The molecule has 100 valence electrons. The summed E-state index contributed by atoms with van der Waals surface area (Å²) in [5, 5.41) is 3.55. The van der Waals surface area contributed by atoms with Gasteiger partial charge >= 0.3 is 0 Å². The summed E-state index contributed by atoms with van der Waals surface area (Å²) in [5.74, 6) is 1.11. The minimum Gasteiger partial charge on any atom is -0.378 e. The molecule has 1 aromatic carbocycles. The smallest absolute Gasteiger partial charge is 0.123 e. The monoisotopic (exact) mass is 250 g/mol. The number of rotatable bonds is 3. The van der Waals surface area contributed by atoms with Gasteiger partial charge in [0.25, 0.3) is 0 Å². The van der Waals surface area contributed by atoms with Crippen LogP contribution in [-0.2, 0) is 0 Å². The molecule has 3 N–H and O–H groups in total. The summed E-state index contributed by atoms with van der Waals surface area (Å²) < 4.78 is 12.9. The van der Waals surface area contributed by atoms with Crippen LogP contribution in [0, 0.1) is 17.7 Å². The summed E-state index contributed by atoms with van der Waals surface area (Å²) in [6.07, 6.45) is 3.49. The highest BCUT2D eigenvalue weighted by Crippen LogP contribution is 2.38. The maximum absolute atomic E-state index is 12.9. The van der Waals surface area contributed by atoms with E-state index in [1.54, 1.807) is 12.1 Å². The number of hydrogen-bond donors (Lipinski definition) is 2. The van der Waals surface area contributed by atoms with E-state index in [2.05, 4.69) is 19.2 Å². The third-order valence-corrected chi connectivity index (χ3v) is 4.38. The average molecular weight is 250 g/mol. The molecular formula is C15H23FN2. The molecule has 0 heterocycles. The Bertz CT molecular complexity index is 390. The molecule has 0 aromatic heterocycles. The van der Waals surface area contributed by atoms with Crippen LogP contribution in [0.3, 0.4) is 0 Å². The molecule has 0 bridgehead atoms. The second kappa shape index (κ2) is 5.27. The number of nitrogens with one attached hydrogen (secondary N) is 1. The Labute approximate surface area is 109 Å². The zero-order valence-electron chi connectivity index (χ0n) is 11.2. The molecule has 0 spiro atoms. The molecule has 0 radical (unpaired) electrons. The van der Waals surface area contributed by atoms with Gasteiger partial charge in [0, 0.05) is 12.2 Å². The van der Waals surface area contributed by atoms with Crippen molar-refractivity contribution in [2.75, 3.05) is 11.9 Å². The highest BCUT2D eigenvalue weighted by atomic mass is 19.1. The first-order valence-electron chi connectivity index (χ1n) is 6.79. The lowest BCUT2D eigenvalue weighted by atomic mass is 9.70. The molecule has 0 aliphatic heterocycles. The van der Waals surface area contributed by atoms with Crippen LogP contribution in [0.25, 0.3) is 0 Å². The van der Waals surface area contributed by atoms with Gasteiger partial charge in [-0.1, -0.05) is 13.8 Å².